The summed E-state index contributed by atoms with van der Waals surface area (Å²) < 4.78 is 0. The Balaban J connectivity index is 1.78. The molecule has 182 valence electrons. The smallest absolute Gasteiger partial charge is 0.269 e. The monoisotopic (exact) mass is 511 g/mol. The number of rotatable bonds is 11. The molecule has 0 aliphatic carbocycles. The van der Waals surface area contributed by atoms with Crippen LogP contribution < -0.4 is 5.32 Å². The second-order valence-electron chi connectivity index (χ2n) is 7.85. The van der Waals surface area contributed by atoms with Crippen molar-refractivity contribution in [2.45, 2.75) is 24.8 Å². The van der Waals surface area contributed by atoms with Crippen molar-refractivity contribution < 1.29 is 14.5 Å². The van der Waals surface area contributed by atoms with Crippen LogP contribution in [0.4, 0.5) is 5.69 Å². The van der Waals surface area contributed by atoms with Crippen molar-refractivity contribution in [2.24, 2.45) is 0 Å². The first kappa shape index (κ1) is 26.2. The minimum atomic E-state index is -0.717. The van der Waals surface area contributed by atoms with Gasteiger partial charge in [-0.3, -0.25) is 19.7 Å². The second kappa shape index (κ2) is 12.9. The van der Waals surface area contributed by atoms with Crippen LogP contribution in [0.15, 0.2) is 78.9 Å². The van der Waals surface area contributed by atoms with Gasteiger partial charge in [-0.25, -0.2) is 0 Å². The van der Waals surface area contributed by atoms with Crippen LogP contribution in [0.5, 0.6) is 0 Å². The van der Waals surface area contributed by atoms with E-state index in [4.69, 9.17) is 11.6 Å². The van der Waals surface area contributed by atoms with Crippen LogP contribution in [0.25, 0.3) is 0 Å². The predicted molar refractivity (Wildman–Crippen MR) is 139 cm³/mol. The summed E-state index contributed by atoms with van der Waals surface area (Å²) >= 11 is 7.77. The first-order valence-electron chi connectivity index (χ1n) is 11.0. The number of carbonyl (C=O) groups excluding carboxylic acids is 2. The lowest BCUT2D eigenvalue weighted by Gasteiger charge is -2.31. The number of thioether (sulfide) groups is 1. The fourth-order valence-electron chi connectivity index (χ4n) is 3.58. The molecule has 0 aromatic heterocycles. The third-order valence-electron chi connectivity index (χ3n) is 5.46. The molecule has 3 aromatic rings. The van der Waals surface area contributed by atoms with Crippen LogP contribution in [0.3, 0.4) is 0 Å². The number of nitrogens with zero attached hydrogens (tertiary/aromatic N) is 2. The van der Waals surface area contributed by atoms with Crippen LogP contribution in [0, 0.1) is 10.1 Å². The Kier molecular flexibility index (Phi) is 9.69. The maximum absolute atomic E-state index is 13.4. The molecule has 1 atom stereocenters. The van der Waals surface area contributed by atoms with Crippen LogP contribution in [0.2, 0.25) is 5.02 Å². The summed E-state index contributed by atoms with van der Waals surface area (Å²) in [5.41, 5.74) is 2.59. The number of likely N-dealkylation sites (N-methyl/N-ethyl adjacent to an activating group) is 1. The van der Waals surface area contributed by atoms with Gasteiger partial charge >= 0.3 is 0 Å². The zero-order valence-corrected chi connectivity index (χ0v) is 20.8. The van der Waals surface area contributed by atoms with E-state index in [2.05, 4.69) is 5.32 Å². The normalized spacial score (nSPS) is 11.5. The van der Waals surface area contributed by atoms with E-state index in [1.165, 1.54) is 23.9 Å². The van der Waals surface area contributed by atoms with Gasteiger partial charge < -0.3 is 10.2 Å². The third-order valence-corrected chi connectivity index (χ3v) is 6.81. The highest BCUT2D eigenvalue weighted by Gasteiger charge is 2.30. The molecule has 1 N–H and O–H groups in total. The van der Waals surface area contributed by atoms with Gasteiger partial charge in [-0.1, -0.05) is 72.3 Å². The number of hydrogen-bond acceptors (Lipinski definition) is 5. The van der Waals surface area contributed by atoms with Gasteiger partial charge in [0.15, 0.2) is 0 Å². The first-order valence-corrected chi connectivity index (χ1v) is 12.5. The molecule has 0 saturated heterocycles. The highest BCUT2D eigenvalue weighted by molar-refractivity contribution is 7.99. The number of nitro benzene ring substituents is 1. The van der Waals surface area contributed by atoms with Crippen molar-refractivity contribution in [1.29, 1.82) is 0 Å². The lowest BCUT2D eigenvalue weighted by molar-refractivity contribution is -0.384. The molecule has 1 unspecified atom stereocenters. The van der Waals surface area contributed by atoms with Gasteiger partial charge in [0.25, 0.3) is 5.69 Å². The zero-order valence-electron chi connectivity index (χ0n) is 19.2. The summed E-state index contributed by atoms with van der Waals surface area (Å²) in [5.74, 6) is 0.201. The fourth-order valence-corrected chi connectivity index (χ4v) is 4.65. The van der Waals surface area contributed by atoms with E-state index in [9.17, 15) is 19.7 Å². The molecule has 0 aliphatic rings. The SMILES string of the molecule is CNC(=O)C(Cc1ccccc1)N(Cc1ccccc1Cl)C(=O)CSCc1ccc([N+](=O)[O-])cc1. The van der Waals surface area contributed by atoms with Gasteiger partial charge in [0, 0.05) is 42.9 Å². The number of non-ortho nitro benzene ring substituents is 1. The summed E-state index contributed by atoms with van der Waals surface area (Å²) in [6.45, 7) is 0.196. The highest BCUT2D eigenvalue weighted by atomic mass is 35.5. The van der Waals surface area contributed by atoms with E-state index in [-0.39, 0.29) is 29.8 Å². The van der Waals surface area contributed by atoms with E-state index in [0.29, 0.717) is 17.2 Å². The molecule has 0 saturated carbocycles. The van der Waals surface area contributed by atoms with Crippen molar-refractivity contribution in [3.05, 3.63) is 111 Å². The van der Waals surface area contributed by atoms with Crippen LogP contribution in [0.1, 0.15) is 16.7 Å². The Morgan fingerprint density at radius 2 is 1.66 bits per heavy atom. The summed E-state index contributed by atoms with van der Waals surface area (Å²) in [5, 5.41) is 14.1. The van der Waals surface area contributed by atoms with Crippen LogP contribution in [-0.2, 0) is 28.3 Å². The number of nitro groups is 1. The quantitative estimate of drug-likeness (QED) is 0.293. The van der Waals surface area contributed by atoms with E-state index < -0.39 is 11.0 Å². The molecule has 35 heavy (non-hydrogen) atoms. The maximum Gasteiger partial charge on any atom is 0.269 e. The average molecular weight is 512 g/mol. The number of carbonyl (C=O) groups is 2. The highest BCUT2D eigenvalue weighted by Crippen LogP contribution is 2.22. The van der Waals surface area contributed by atoms with Gasteiger partial charge in [-0.15, -0.1) is 11.8 Å². The van der Waals surface area contributed by atoms with Crippen molar-refractivity contribution >= 4 is 40.9 Å². The molecule has 0 bridgehead atoms. The lowest BCUT2D eigenvalue weighted by atomic mass is 10.0. The first-order chi connectivity index (χ1) is 16.9. The molecule has 0 aliphatic heterocycles. The molecular formula is C26H26ClN3O4S. The zero-order chi connectivity index (χ0) is 25.2. The van der Waals surface area contributed by atoms with Gasteiger partial charge in [-0.05, 0) is 22.8 Å². The topological polar surface area (TPSA) is 92.6 Å². The Bertz CT molecular complexity index is 1160. The number of benzene rings is 3. The lowest BCUT2D eigenvalue weighted by Crippen LogP contribution is -2.50. The summed E-state index contributed by atoms with van der Waals surface area (Å²) in [6, 6.07) is 22.4. The minimum absolute atomic E-state index is 0.0232. The van der Waals surface area contributed by atoms with Gasteiger partial charge in [-0.2, -0.15) is 0 Å². The van der Waals surface area contributed by atoms with Crippen molar-refractivity contribution in [1.82, 2.24) is 10.2 Å². The second-order valence-corrected chi connectivity index (χ2v) is 9.24. The minimum Gasteiger partial charge on any atom is -0.357 e. The molecule has 9 heteroatoms. The Hall–Kier alpha value is -3.36. The summed E-state index contributed by atoms with van der Waals surface area (Å²) in [7, 11) is 1.56. The number of amides is 2. The number of nitrogens with one attached hydrogen (secondary N) is 1. The number of hydrogen-bond donors (Lipinski definition) is 1. The molecule has 7 nitrogen and oxygen atoms in total. The average Bonchev–Trinajstić information content (AvgIpc) is 2.87. The van der Waals surface area contributed by atoms with Crippen LogP contribution >= 0.6 is 23.4 Å². The summed E-state index contributed by atoms with van der Waals surface area (Å²) in [6.07, 6.45) is 0.365. The van der Waals surface area contributed by atoms with Gasteiger partial charge in [0.1, 0.15) is 6.04 Å². The van der Waals surface area contributed by atoms with Gasteiger partial charge in [0.2, 0.25) is 11.8 Å². The molecule has 2 amide bonds. The van der Waals surface area contributed by atoms with E-state index in [0.717, 1.165) is 16.7 Å². The van der Waals surface area contributed by atoms with E-state index >= 15 is 0 Å². The Morgan fingerprint density at radius 1 is 1.00 bits per heavy atom. The molecular weight excluding hydrogens is 486 g/mol. The predicted octanol–water partition coefficient (Wildman–Crippen LogP) is 4.87. The third kappa shape index (κ3) is 7.56. The molecule has 3 aromatic carbocycles. The Morgan fingerprint density at radius 3 is 2.29 bits per heavy atom. The van der Waals surface area contributed by atoms with Crippen molar-refractivity contribution in [3.8, 4) is 0 Å². The van der Waals surface area contributed by atoms with E-state index in [1.54, 1.807) is 30.1 Å². The molecule has 0 heterocycles. The van der Waals surface area contributed by atoms with Crippen LogP contribution in [-0.4, -0.2) is 40.5 Å². The fraction of sp³-hybridized carbons (Fsp3) is 0.231. The standard InChI is InChI=1S/C26H26ClN3O4S/c1-28-26(32)24(15-19-7-3-2-4-8-19)29(16-21-9-5-6-10-23(21)27)25(31)18-35-17-20-11-13-22(14-12-20)30(33)34/h2-14,24H,15-18H2,1H3,(H,28,32). The van der Waals surface area contributed by atoms with Crippen molar-refractivity contribution in [3.63, 3.8) is 0 Å². The number of halogens is 1. The molecule has 0 fully saturated rings. The van der Waals surface area contributed by atoms with Crippen molar-refractivity contribution in [2.75, 3.05) is 12.8 Å². The Labute approximate surface area is 213 Å². The summed E-state index contributed by atoms with van der Waals surface area (Å²) in [4.78, 5) is 38.3. The molecule has 3 rings (SSSR count). The largest absolute Gasteiger partial charge is 0.357 e. The van der Waals surface area contributed by atoms with E-state index in [1.807, 2.05) is 48.5 Å². The molecule has 0 spiro atoms. The maximum atomic E-state index is 13.4. The molecule has 0 radical (unpaired) electrons. The van der Waals surface area contributed by atoms with Gasteiger partial charge in [0.05, 0.1) is 10.7 Å².